The predicted octanol–water partition coefficient (Wildman–Crippen LogP) is 4.82. The summed E-state index contributed by atoms with van der Waals surface area (Å²) in [5.41, 5.74) is 8.94. The van der Waals surface area contributed by atoms with Crippen LogP contribution in [0.5, 0.6) is 0 Å². The van der Waals surface area contributed by atoms with Gasteiger partial charge in [-0.2, -0.15) is 5.10 Å². The summed E-state index contributed by atoms with van der Waals surface area (Å²) >= 11 is 0. The molecule has 0 saturated heterocycles. The fraction of sp³-hybridized carbons (Fsp3) is 0.276. The van der Waals surface area contributed by atoms with Crippen molar-refractivity contribution in [1.82, 2.24) is 28.6 Å². The lowest BCUT2D eigenvalue weighted by molar-refractivity contribution is 0.312. The van der Waals surface area contributed by atoms with E-state index in [1.807, 2.05) is 24.7 Å². The Kier molecular flexibility index (Phi) is 5.92. The highest BCUT2D eigenvalue weighted by Crippen LogP contribution is 2.34. The van der Waals surface area contributed by atoms with E-state index in [2.05, 4.69) is 41.1 Å². The van der Waals surface area contributed by atoms with Gasteiger partial charge in [0.2, 0.25) is 0 Å². The standard InChI is InChI=1S/C29H30N6O2S/c1-5-34-17-23(14-31-34)26-18-35(38(36,37)24-8-6-19(2)7-9-24)29-28(26)32-27(15-30-29)21-12-20(3)25-10-11-33(4)16-22(25)13-21/h6-9,12-15,17-18H,5,10-11,16H2,1-4H3. The normalized spacial score (nSPS) is 14.2. The van der Waals surface area contributed by atoms with Gasteiger partial charge in [0.1, 0.15) is 5.52 Å². The molecule has 0 spiro atoms. The van der Waals surface area contributed by atoms with Gasteiger partial charge in [-0.05, 0) is 75.2 Å². The lowest BCUT2D eigenvalue weighted by Crippen LogP contribution is -2.27. The monoisotopic (exact) mass is 526 g/mol. The Bertz CT molecular complexity index is 1780. The second-order valence-electron chi connectivity index (χ2n) is 10.1. The zero-order valence-corrected chi connectivity index (χ0v) is 22.8. The van der Waals surface area contributed by atoms with Crippen LogP contribution >= 0.6 is 0 Å². The summed E-state index contributed by atoms with van der Waals surface area (Å²) in [4.78, 5) is 12.2. The van der Waals surface area contributed by atoms with Crippen molar-refractivity contribution in [3.63, 3.8) is 0 Å². The maximum Gasteiger partial charge on any atom is 0.269 e. The Balaban J connectivity index is 1.55. The number of likely N-dealkylation sites (N-methyl/N-ethyl adjacent to an activating group) is 1. The first-order valence-corrected chi connectivity index (χ1v) is 14.2. The molecule has 0 radical (unpaired) electrons. The summed E-state index contributed by atoms with van der Waals surface area (Å²) in [6, 6.07) is 11.2. The second-order valence-corrected chi connectivity index (χ2v) is 11.9. The van der Waals surface area contributed by atoms with Crippen LogP contribution in [0.4, 0.5) is 0 Å². The second kappa shape index (κ2) is 9.18. The summed E-state index contributed by atoms with van der Waals surface area (Å²) in [5, 5.41) is 4.41. The van der Waals surface area contributed by atoms with Gasteiger partial charge in [-0.1, -0.05) is 17.7 Å². The van der Waals surface area contributed by atoms with Crippen LogP contribution < -0.4 is 0 Å². The average Bonchev–Trinajstić information content (AvgIpc) is 3.53. The molecule has 0 saturated carbocycles. The average molecular weight is 527 g/mol. The molecule has 0 amide bonds. The molecule has 0 bridgehead atoms. The van der Waals surface area contributed by atoms with E-state index in [4.69, 9.17) is 4.98 Å². The molecule has 2 aromatic carbocycles. The number of nitrogens with zero attached hydrogens (tertiary/aromatic N) is 6. The van der Waals surface area contributed by atoms with Gasteiger partial charge in [0.05, 0.1) is 23.0 Å². The number of benzene rings is 2. The van der Waals surface area contributed by atoms with Crippen molar-refractivity contribution >= 4 is 21.2 Å². The van der Waals surface area contributed by atoms with E-state index in [1.54, 1.807) is 42.9 Å². The molecule has 0 N–H and O–H groups in total. The van der Waals surface area contributed by atoms with Gasteiger partial charge in [0.15, 0.2) is 5.65 Å². The van der Waals surface area contributed by atoms with E-state index in [-0.39, 0.29) is 4.90 Å². The number of hydrogen-bond acceptors (Lipinski definition) is 6. The zero-order chi connectivity index (χ0) is 26.6. The van der Waals surface area contributed by atoms with Gasteiger partial charge < -0.3 is 4.90 Å². The Morgan fingerprint density at radius 2 is 1.79 bits per heavy atom. The molecule has 1 aliphatic rings. The molecule has 0 atom stereocenters. The highest BCUT2D eigenvalue weighted by molar-refractivity contribution is 7.90. The summed E-state index contributed by atoms with van der Waals surface area (Å²) in [5.74, 6) is 0. The fourth-order valence-electron chi connectivity index (χ4n) is 5.21. The van der Waals surface area contributed by atoms with Crippen LogP contribution in [-0.2, 0) is 29.5 Å². The third kappa shape index (κ3) is 4.12. The van der Waals surface area contributed by atoms with Gasteiger partial charge in [0, 0.05) is 48.7 Å². The topological polar surface area (TPSA) is 85.9 Å². The van der Waals surface area contributed by atoms with Crippen LogP contribution in [0.15, 0.2) is 66.1 Å². The predicted molar refractivity (Wildman–Crippen MR) is 148 cm³/mol. The molecule has 38 heavy (non-hydrogen) atoms. The molecule has 9 heteroatoms. The van der Waals surface area contributed by atoms with Crippen molar-refractivity contribution in [2.45, 2.75) is 45.2 Å². The van der Waals surface area contributed by atoms with Gasteiger partial charge in [-0.25, -0.2) is 22.4 Å². The maximum absolute atomic E-state index is 13.7. The number of hydrogen-bond donors (Lipinski definition) is 0. The smallest absolute Gasteiger partial charge is 0.269 e. The summed E-state index contributed by atoms with van der Waals surface area (Å²) < 4.78 is 30.5. The molecule has 8 nitrogen and oxygen atoms in total. The summed E-state index contributed by atoms with van der Waals surface area (Å²) in [7, 11) is -1.75. The van der Waals surface area contributed by atoms with Crippen molar-refractivity contribution in [1.29, 1.82) is 0 Å². The molecule has 0 unspecified atom stereocenters. The van der Waals surface area contributed by atoms with Crippen LogP contribution in [0.25, 0.3) is 33.5 Å². The highest BCUT2D eigenvalue weighted by Gasteiger charge is 2.25. The van der Waals surface area contributed by atoms with Crippen LogP contribution in [0.2, 0.25) is 0 Å². The van der Waals surface area contributed by atoms with Crippen molar-refractivity contribution < 1.29 is 8.42 Å². The molecule has 3 aromatic heterocycles. The van der Waals surface area contributed by atoms with Gasteiger partial charge >= 0.3 is 0 Å². The third-order valence-electron chi connectivity index (χ3n) is 7.35. The largest absolute Gasteiger partial charge is 0.302 e. The Hall–Kier alpha value is -3.82. The molecule has 1 aliphatic heterocycles. The first-order valence-electron chi connectivity index (χ1n) is 12.8. The number of rotatable bonds is 5. The Labute approximate surface area is 222 Å². The first-order chi connectivity index (χ1) is 18.2. The van der Waals surface area contributed by atoms with E-state index in [0.29, 0.717) is 29.0 Å². The quantitative estimate of drug-likeness (QED) is 0.326. The molecule has 194 valence electrons. The number of aryl methyl sites for hydroxylation is 3. The van der Waals surface area contributed by atoms with Crippen LogP contribution in [0.3, 0.4) is 0 Å². The third-order valence-corrected chi connectivity index (χ3v) is 9.02. The summed E-state index contributed by atoms with van der Waals surface area (Å²) in [6.45, 7) is 8.74. The fourth-order valence-corrected chi connectivity index (χ4v) is 6.52. The lowest BCUT2D eigenvalue weighted by Gasteiger charge is -2.27. The maximum atomic E-state index is 13.7. The zero-order valence-electron chi connectivity index (χ0n) is 22.0. The lowest BCUT2D eigenvalue weighted by atomic mass is 9.92. The van der Waals surface area contributed by atoms with Crippen molar-refractivity contribution in [2.24, 2.45) is 0 Å². The van der Waals surface area contributed by atoms with Crippen LogP contribution in [-0.4, -0.2) is 50.6 Å². The first kappa shape index (κ1) is 24.5. The van der Waals surface area contributed by atoms with E-state index in [0.717, 1.165) is 36.2 Å². The van der Waals surface area contributed by atoms with Gasteiger partial charge in [-0.15, -0.1) is 0 Å². The van der Waals surface area contributed by atoms with Crippen molar-refractivity contribution in [2.75, 3.05) is 13.6 Å². The highest BCUT2D eigenvalue weighted by atomic mass is 32.2. The van der Waals surface area contributed by atoms with E-state index < -0.39 is 10.0 Å². The van der Waals surface area contributed by atoms with E-state index >= 15 is 0 Å². The van der Waals surface area contributed by atoms with E-state index in [1.165, 1.54) is 20.7 Å². The van der Waals surface area contributed by atoms with Crippen LogP contribution in [0, 0.1) is 13.8 Å². The molecule has 0 fully saturated rings. The minimum absolute atomic E-state index is 0.205. The minimum Gasteiger partial charge on any atom is -0.302 e. The molecule has 5 aromatic rings. The molecule has 0 aliphatic carbocycles. The molecular formula is C29H30N6O2S. The van der Waals surface area contributed by atoms with E-state index in [9.17, 15) is 8.42 Å². The van der Waals surface area contributed by atoms with Gasteiger partial charge in [0.25, 0.3) is 10.0 Å². The van der Waals surface area contributed by atoms with Crippen LogP contribution in [0.1, 0.15) is 29.2 Å². The Morgan fingerprint density at radius 3 is 2.53 bits per heavy atom. The molecule has 4 heterocycles. The SMILES string of the molecule is CCn1cc(-c2cn(S(=O)(=O)c3ccc(C)cc3)c3ncc(-c4cc(C)c5c(c4)CN(C)CC5)nc23)cn1. The summed E-state index contributed by atoms with van der Waals surface area (Å²) in [6.07, 6.45) is 7.98. The van der Waals surface area contributed by atoms with Crippen molar-refractivity contribution in [3.05, 3.63) is 83.4 Å². The number of fused-ring (bicyclic) bond motifs is 2. The van der Waals surface area contributed by atoms with Crippen molar-refractivity contribution in [3.8, 4) is 22.4 Å². The Morgan fingerprint density at radius 1 is 1.00 bits per heavy atom. The molecular weight excluding hydrogens is 496 g/mol. The molecule has 6 rings (SSSR count). The minimum atomic E-state index is -3.89. The number of aromatic nitrogens is 5. The van der Waals surface area contributed by atoms with Gasteiger partial charge in [-0.3, -0.25) is 4.68 Å².